The predicted molar refractivity (Wildman–Crippen MR) is 70.2 cm³/mol. The zero-order chi connectivity index (χ0) is 13.8. The number of carbonyl (C=O) groups is 1. The summed E-state index contributed by atoms with van der Waals surface area (Å²) in [5, 5.41) is 9.11. The van der Waals surface area contributed by atoms with Crippen LogP contribution in [0.5, 0.6) is 11.6 Å². The van der Waals surface area contributed by atoms with Crippen LogP contribution in [0.3, 0.4) is 0 Å². The molecule has 1 aromatic carbocycles. The molecule has 0 radical (unpaired) electrons. The van der Waals surface area contributed by atoms with E-state index in [9.17, 15) is 4.79 Å². The van der Waals surface area contributed by atoms with E-state index in [1.54, 1.807) is 19.1 Å². The van der Waals surface area contributed by atoms with Crippen molar-refractivity contribution in [2.75, 3.05) is 0 Å². The molecule has 4 heteroatoms. The summed E-state index contributed by atoms with van der Waals surface area (Å²) in [4.78, 5) is 15.6. The second kappa shape index (κ2) is 5.32. The number of hydrogen-bond donors (Lipinski definition) is 0. The molecule has 0 fully saturated rings. The number of para-hydroxylation sites is 1. The third-order valence-corrected chi connectivity index (χ3v) is 2.64. The molecular weight excluding hydrogens is 240 g/mol. The van der Waals surface area contributed by atoms with Gasteiger partial charge in [0.25, 0.3) is 0 Å². The largest absolute Gasteiger partial charge is 0.438 e. The Hall–Kier alpha value is -2.67. The van der Waals surface area contributed by atoms with Crippen LogP contribution >= 0.6 is 0 Å². The number of pyridine rings is 1. The van der Waals surface area contributed by atoms with Crippen LogP contribution in [0.2, 0.25) is 0 Å². The van der Waals surface area contributed by atoms with Gasteiger partial charge in [-0.15, -0.1) is 0 Å². The summed E-state index contributed by atoms with van der Waals surface area (Å²) in [5.74, 6) is 0.699. The van der Waals surface area contributed by atoms with Gasteiger partial charge >= 0.3 is 0 Å². The van der Waals surface area contributed by atoms with Crippen LogP contribution in [0, 0.1) is 18.3 Å². The number of Topliss-reactive ketones (excluding diaryl/α,β-unsaturated/α-hetero) is 1. The summed E-state index contributed by atoms with van der Waals surface area (Å²) in [6, 6.07) is 12.6. The van der Waals surface area contributed by atoms with Crippen molar-refractivity contribution in [1.82, 2.24) is 4.98 Å². The molecule has 2 aromatic rings. The maximum Gasteiger partial charge on any atom is 0.237 e. The molecule has 0 N–H and O–H groups in total. The molecule has 1 heterocycles. The molecular formula is C15H12N2O2. The van der Waals surface area contributed by atoms with Crippen molar-refractivity contribution in [1.29, 1.82) is 5.26 Å². The minimum absolute atomic E-state index is 0.118. The lowest BCUT2D eigenvalue weighted by atomic mass is 10.1. The Labute approximate surface area is 111 Å². The van der Waals surface area contributed by atoms with E-state index < -0.39 is 0 Å². The number of hydrogen-bond acceptors (Lipinski definition) is 4. The van der Waals surface area contributed by atoms with Crippen molar-refractivity contribution in [2.45, 2.75) is 13.8 Å². The number of nitriles is 1. The molecule has 2 rings (SSSR count). The standard InChI is InChI=1S/C15H12N2O2/c1-10-14(11(2)18)8-12(9-16)15(17-10)19-13-6-4-3-5-7-13/h3-8H,1-2H3. The lowest BCUT2D eigenvalue weighted by Crippen LogP contribution is -2.02. The van der Waals surface area contributed by atoms with Crippen molar-refractivity contribution in [3.8, 4) is 17.7 Å². The van der Waals surface area contributed by atoms with Crippen molar-refractivity contribution in [2.24, 2.45) is 0 Å². The maximum absolute atomic E-state index is 11.4. The second-order valence-corrected chi connectivity index (χ2v) is 4.06. The molecule has 0 saturated heterocycles. The molecule has 0 aliphatic carbocycles. The summed E-state index contributed by atoms with van der Waals surface area (Å²) < 4.78 is 5.57. The number of aryl methyl sites for hydroxylation is 1. The van der Waals surface area contributed by atoms with Crippen molar-refractivity contribution < 1.29 is 9.53 Å². The second-order valence-electron chi connectivity index (χ2n) is 4.06. The van der Waals surface area contributed by atoms with Crippen molar-refractivity contribution >= 4 is 5.78 Å². The molecule has 4 nitrogen and oxygen atoms in total. The van der Waals surface area contributed by atoms with Crippen LogP contribution in [0.25, 0.3) is 0 Å². The summed E-state index contributed by atoms with van der Waals surface area (Å²) in [7, 11) is 0. The van der Waals surface area contributed by atoms with Gasteiger partial charge in [-0.3, -0.25) is 4.79 Å². The van der Waals surface area contributed by atoms with Gasteiger partial charge in [-0.25, -0.2) is 4.98 Å². The summed E-state index contributed by atoms with van der Waals surface area (Å²) in [6.45, 7) is 3.17. The Morgan fingerprint density at radius 1 is 1.32 bits per heavy atom. The number of benzene rings is 1. The molecule has 0 aliphatic rings. The minimum atomic E-state index is -0.118. The number of rotatable bonds is 3. The van der Waals surface area contributed by atoms with Crippen molar-refractivity contribution in [3.05, 3.63) is 53.2 Å². The lowest BCUT2D eigenvalue weighted by molar-refractivity contribution is 0.101. The van der Waals surface area contributed by atoms with Gasteiger partial charge in [-0.1, -0.05) is 18.2 Å². The Morgan fingerprint density at radius 3 is 2.58 bits per heavy atom. The van der Waals surface area contributed by atoms with E-state index in [4.69, 9.17) is 10.00 Å². The zero-order valence-corrected chi connectivity index (χ0v) is 10.7. The van der Waals surface area contributed by atoms with E-state index in [1.807, 2.05) is 24.3 Å². The van der Waals surface area contributed by atoms with Gasteiger partial charge in [0, 0.05) is 5.56 Å². The molecule has 0 unspecified atom stereocenters. The van der Waals surface area contributed by atoms with E-state index in [2.05, 4.69) is 4.98 Å². The Kier molecular flexibility index (Phi) is 3.58. The average Bonchev–Trinajstić information content (AvgIpc) is 2.39. The summed E-state index contributed by atoms with van der Waals surface area (Å²) in [5.41, 5.74) is 1.24. The van der Waals surface area contributed by atoms with Gasteiger partial charge in [0.05, 0.1) is 5.69 Å². The van der Waals surface area contributed by atoms with Gasteiger partial charge in [0.15, 0.2) is 5.78 Å². The fraction of sp³-hybridized carbons (Fsp3) is 0.133. The van der Waals surface area contributed by atoms with Crippen LogP contribution < -0.4 is 4.74 Å². The number of carbonyl (C=O) groups excluding carboxylic acids is 1. The van der Waals surface area contributed by atoms with Crippen LogP contribution in [0.4, 0.5) is 0 Å². The first-order valence-corrected chi connectivity index (χ1v) is 5.77. The van der Waals surface area contributed by atoms with E-state index in [-0.39, 0.29) is 17.2 Å². The molecule has 0 amide bonds. The Bertz CT molecular complexity index is 658. The average molecular weight is 252 g/mol. The van der Waals surface area contributed by atoms with Gasteiger partial charge in [-0.05, 0) is 32.0 Å². The van der Waals surface area contributed by atoms with E-state index in [0.29, 0.717) is 17.0 Å². The first-order valence-electron chi connectivity index (χ1n) is 5.77. The lowest BCUT2D eigenvalue weighted by Gasteiger charge is -2.09. The van der Waals surface area contributed by atoms with E-state index in [0.717, 1.165) is 0 Å². The van der Waals surface area contributed by atoms with Crippen LogP contribution in [-0.4, -0.2) is 10.8 Å². The van der Waals surface area contributed by atoms with Gasteiger partial charge < -0.3 is 4.74 Å². The quantitative estimate of drug-likeness (QED) is 0.786. The highest BCUT2D eigenvalue weighted by Crippen LogP contribution is 2.24. The highest BCUT2D eigenvalue weighted by molar-refractivity contribution is 5.95. The van der Waals surface area contributed by atoms with Gasteiger partial charge in [0.1, 0.15) is 17.4 Å². The van der Waals surface area contributed by atoms with E-state index in [1.165, 1.54) is 13.0 Å². The van der Waals surface area contributed by atoms with Crippen molar-refractivity contribution in [3.63, 3.8) is 0 Å². The number of aromatic nitrogens is 1. The van der Waals surface area contributed by atoms with Gasteiger partial charge in [0.2, 0.25) is 5.88 Å². The highest BCUT2D eigenvalue weighted by Gasteiger charge is 2.13. The summed E-state index contributed by atoms with van der Waals surface area (Å²) in [6.07, 6.45) is 0. The Morgan fingerprint density at radius 2 is 2.00 bits per heavy atom. The normalized spacial score (nSPS) is 9.74. The third-order valence-electron chi connectivity index (χ3n) is 2.64. The Balaban J connectivity index is 2.44. The number of ketones is 1. The van der Waals surface area contributed by atoms with Gasteiger partial charge in [-0.2, -0.15) is 5.26 Å². The minimum Gasteiger partial charge on any atom is -0.438 e. The van der Waals surface area contributed by atoms with E-state index >= 15 is 0 Å². The third kappa shape index (κ3) is 2.78. The maximum atomic E-state index is 11.4. The molecule has 0 saturated carbocycles. The summed E-state index contributed by atoms with van der Waals surface area (Å²) >= 11 is 0. The first kappa shape index (κ1) is 12.8. The molecule has 94 valence electrons. The number of nitrogens with zero attached hydrogens (tertiary/aromatic N) is 2. The zero-order valence-electron chi connectivity index (χ0n) is 10.7. The smallest absolute Gasteiger partial charge is 0.237 e. The first-order chi connectivity index (χ1) is 9.11. The fourth-order valence-electron chi connectivity index (χ4n) is 1.70. The predicted octanol–water partition coefficient (Wildman–Crippen LogP) is 3.26. The van der Waals surface area contributed by atoms with Crippen LogP contribution in [0.15, 0.2) is 36.4 Å². The van der Waals surface area contributed by atoms with Crippen LogP contribution in [0.1, 0.15) is 28.5 Å². The monoisotopic (exact) mass is 252 g/mol. The topological polar surface area (TPSA) is 63.0 Å². The molecule has 0 atom stereocenters. The molecule has 1 aromatic heterocycles. The molecule has 0 spiro atoms. The van der Waals surface area contributed by atoms with Crippen LogP contribution in [-0.2, 0) is 0 Å². The molecule has 0 bridgehead atoms. The molecule has 19 heavy (non-hydrogen) atoms. The molecule has 0 aliphatic heterocycles. The fourth-order valence-corrected chi connectivity index (χ4v) is 1.70. The highest BCUT2D eigenvalue weighted by atomic mass is 16.5. The SMILES string of the molecule is CC(=O)c1cc(C#N)c(Oc2ccccc2)nc1C. The number of ether oxygens (including phenoxy) is 1.